The Hall–Kier alpha value is -2.34. The molecule has 0 atom stereocenters. The molecule has 0 bridgehead atoms. The summed E-state index contributed by atoms with van der Waals surface area (Å²) in [7, 11) is 1.69. The van der Waals surface area contributed by atoms with Crippen LogP contribution >= 0.6 is 0 Å². The third kappa shape index (κ3) is 3.61. The minimum absolute atomic E-state index is 0.237. The molecule has 6 nitrogen and oxygen atoms in total. The van der Waals surface area contributed by atoms with Crippen molar-refractivity contribution in [2.45, 2.75) is 20.1 Å². The molecule has 0 unspecified atom stereocenters. The number of hydrogen-bond acceptors (Lipinski definition) is 4. The van der Waals surface area contributed by atoms with Crippen molar-refractivity contribution in [2.24, 2.45) is 7.05 Å². The molecule has 0 spiro atoms. The van der Waals surface area contributed by atoms with Crippen LogP contribution in [-0.4, -0.2) is 22.3 Å². The summed E-state index contributed by atoms with van der Waals surface area (Å²) in [5.74, 6) is -0.237. The monoisotopic (exact) mass is 288 g/mol. The van der Waals surface area contributed by atoms with Crippen molar-refractivity contribution in [3.63, 3.8) is 0 Å². The summed E-state index contributed by atoms with van der Waals surface area (Å²) in [6.45, 7) is 3.57. The van der Waals surface area contributed by atoms with Gasteiger partial charge in [-0.25, -0.2) is 0 Å². The Morgan fingerprint density at radius 2 is 2.10 bits per heavy atom. The van der Waals surface area contributed by atoms with Crippen LogP contribution in [0.3, 0.4) is 0 Å². The van der Waals surface area contributed by atoms with Gasteiger partial charge in [0, 0.05) is 20.2 Å². The number of aryl methyl sites for hydroxylation is 1. The van der Waals surface area contributed by atoms with E-state index in [-0.39, 0.29) is 5.91 Å². The number of anilines is 1. The summed E-state index contributed by atoms with van der Waals surface area (Å²) in [5, 5.41) is 6.83. The number of ether oxygens (including phenoxy) is 1. The maximum absolute atomic E-state index is 12.2. The Balaban J connectivity index is 2.05. The second-order valence-corrected chi connectivity index (χ2v) is 4.66. The zero-order valence-electron chi connectivity index (χ0n) is 12.3. The number of nitrogens with zero attached hydrogens (tertiary/aromatic N) is 2. The van der Waals surface area contributed by atoms with Crippen LogP contribution in [-0.2, 0) is 24.9 Å². The number of amides is 1. The lowest BCUT2D eigenvalue weighted by Gasteiger charge is -2.11. The highest BCUT2D eigenvalue weighted by atomic mass is 16.5. The molecule has 1 aromatic carbocycles. The highest BCUT2D eigenvalue weighted by Gasteiger charge is 2.14. The summed E-state index contributed by atoms with van der Waals surface area (Å²) in [5.41, 5.74) is 8.58. The van der Waals surface area contributed by atoms with E-state index in [1.165, 1.54) is 10.9 Å². The van der Waals surface area contributed by atoms with Gasteiger partial charge in [-0.15, -0.1) is 0 Å². The highest BCUT2D eigenvalue weighted by molar-refractivity contribution is 5.97. The van der Waals surface area contributed by atoms with Gasteiger partial charge in [-0.1, -0.05) is 24.3 Å². The van der Waals surface area contributed by atoms with Crippen molar-refractivity contribution in [3.8, 4) is 0 Å². The average Bonchev–Trinajstić information content (AvgIpc) is 2.82. The lowest BCUT2D eigenvalue weighted by Crippen LogP contribution is -2.26. The van der Waals surface area contributed by atoms with E-state index in [9.17, 15) is 4.79 Å². The quantitative estimate of drug-likeness (QED) is 0.843. The predicted molar refractivity (Wildman–Crippen MR) is 80.6 cm³/mol. The minimum atomic E-state index is -0.237. The van der Waals surface area contributed by atoms with Crippen molar-refractivity contribution in [1.29, 1.82) is 0 Å². The maximum Gasteiger partial charge on any atom is 0.271 e. The standard InChI is InChI=1S/C15H20N4O2/c1-3-21-10-12-7-5-4-6-11(12)8-17-15(20)14-13(16)9-18-19(14)2/h4-7,9H,3,8,10,16H2,1-2H3,(H,17,20). The van der Waals surface area contributed by atoms with E-state index in [2.05, 4.69) is 10.4 Å². The van der Waals surface area contributed by atoms with Crippen LogP contribution in [0.1, 0.15) is 28.5 Å². The first kappa shape index (κ1) is 15.1. The molecule has 0 fully saturated rings. The minimum Gasteiger partial charge on any atom is -0.396 e. The van der Waals surface area contributed by atoms with E-state index in [0.717, 1.165) is 11.1 Å². The Labute approximate surface area is 123 Å². The second kappa shape index (κ2) is 6.90. The molecule has 2 rings (SSSR count). The molecule has 1 amide bonds. The molecule has 6 heteroatoms. The molecule has 1 aromatic heterocycles. The van der Waals surface area contributed by atoms with Crippen LogP contribution in [0, 0.1) is 0 Å². The molecule has 21 heavy (non-hydrogen) atoms. The normalized spacial score (nSPS) is 10.6. The highest BCUT2D eigenvalue weighted by Crippen LogP contribution is 2.12. The van der Waals surface area contributed by atoms with Crippen molar-refractivity contribution < 1.29 is 9.53 Å². The van der Waals surface area contributed by atoms with E-state index in [1.54, 1.807) is 7.05 Å². The van der Waals surface area contributed by atoms with Gasteiger partial charge in [0.1, 0.15) is 5.69 Å². The molecule has 2 aromatic rings. The SMILES string of the molecule is CCOCc1ccccc1CNC(=O)c1c(N)cnn1C. The van der Waals surface area contributed by atoms with E-state index in [4.69, 9.17) is 10.5 Å². The van der Waals surface area contributed by atoms with Crippen LogP contribution in [0.2, 0.25) is 0 Å². The van der Waals surface area contributed by atoms with Gasteiger partial charge in [0.05, 0.1) is 18.5 Å². The zero-order chi connectivity index (χ0) is 15.2. The van der Waals surface area contributed by atoms with Crippen LogP contribution in [0.5, 0.6) is 0 Å². The van der Waals surface area contributed by atoms with Gasteiger partial charge >= 0.3 is 0 Å². The van der Waals surface area contributed by atoms with Crippen molar-refractivity contribution in [2.75, 3.05) is 12.3 Å². The summed E-state index contributed by atoms with van der Waals surface area (Å²) in [4.78, 5) is 12.2. The van der Waals surface area contributed by atoms with Crippen molar-refractivity contribution >= 4 is 11.6 Å². The number of hydrogen-bond donors (Lipinski definition) is 2. The second-order valence-electron chi connectivity index (χ2n) is 4.66. The topological polar surface area (TPSA) is 82.2 Å². The van der Waals surface area contributed by atoms with Gasteiger partial charge < -0.3 is 15.8 Å². The van der Waals surface area contributed by atoms with E-state index >= 15 is 0 Å². The first-order chi connectivity index (χ1) is 10.1. The fraction of sp³-hybridized carbons (Fsp3) is 0.333. The molecule has 1 heterocycles. The fourth-order valence-corrected chi connectivity index (χ4v) is 2.07. The Morgan fingerprint density at radius 1 is 1.38 bits per heavy atom. The number of nitrogens with one attached hydrogen (secondary N) is 1. The number of nitrogens with two attached hydrogens (primary N) is 1. The first-order valence-corrected chi connectivity index (χ1v) is 6.83. The van der Waals surface area contributed by atoms with E-state index in [0.29, 0.717) is 31.1 Å². The molecule has 0 saturated carbocycles. The third-order valence-electron chi connectivity index (χ3n) is 3.20. The Kier molecular flexibility index (Phi) is 4.94. The molecule has 3 N–H and O–H groups in total. The maximum atomic E-state index is 12.2. The van der Waals surface area contributed by atoms with Gasteiger partial charge in [-0.2, -0.15) is 5.10 Å². The molecule has 0 aliphatic rings. The van der Waals surface area contributed by atoms with Crippen molar-refractivity contribution in [1.82, 2.24) is 15.1 Å². The molecular formula is C15H20N4O2. The van der Waals surface area contributed by atoms with Crippen LogP contribution in [0.25, 0.3) is 0 Å². The van der Waals surface area contributed by atoms with Crippen LogP contribution in [0.4, 0.5) is 5.69 Å². The summed E-state index contributed by atoms with van der Waals surface area (Å²) in [6.07, 6.45) is 1.47. The number of nitrogen functional groups attached to an aromatic ring is 1. The number of carbonyl (C=O) groups excluding carboxylic acids is 1. The van der Waals surface area contributed by atoms with Gasteiger partial charge in [-0.3, -0.25) is 9.48 Å². The number of aromatic nitrogens is 2. The Morgan fingerprint density at radius 3 is 2.71 bits per heavy atom. The Bertz CT molecular complexity index is 602. The molecule has 0 radical (unpaired) electrons. The molecular weight excluding hydrogens is 268 g/mol. The summed E-state index contributed by atoms with van der Waals surface area (Å²) >= 11 is 0. The number of rotatable bonds is 6. The zero-order valence-corrected chi connectivity index (χ0v) is 12.3. The molecule has 0 aliphatic carbocycles. The number of carbonyl (C=O) groups is 1. The largest absolute Gasteiger partial charge is 0.396 e. The number of benzene rings is 1. The summed E-state index contributed by atoms with van der Waals surface area (Å²) in [6, 6.07) is 7.87. The van der Waals surface area contributed by atoms with Crippen LogP contribution in [0.15, 0.2) is 30.5 Å². The smallest absolute Gasteiger partial charge is 0.271 e. The van der Waals surface area contributed by atoms with Crippen molar-refractivity contribution in [3.05, 3.63) is 47.3 Å². The third-order valence-corrected chi connectivity index (χ3v) is 3.20. The van der Waals surface area contributed by atoms with Gasteiger partial charge in [0.25, 0.3) is 5.91 Å². The molecule has 0 aliphatic heterocycles. The van der Waals surface area contributed by atoms with Gasteiger partial charge in [-0.05, 0) is 18.1 Å². The van der Waals surface area contributed by atoms with Crippen LogP contribution < -0.4 is 11.1 Å². The predicted octanol–water partition coefficient (Wildman–Crippen LogP) is 1.47. The average molecular weight is 288 g/mol. The lowest BCUT2D eigenvalue weighted by atomic mass is 10.1. The van der Waals surface area contributed by atoms with E-state index in [1.807, 2.05) is 31.2 Å². The van der Waals surface area contributed by atoms with E-state index < -0.39 is 0 Å². The van der Waals surface area contributed by atoms with Gasteiger partial charge in [0.15, 0.2) is 0 Å². The summed E-state index contributed by atoms with van der Waals surface area (Å²) < 4.78 is 6.90. The molecule has 112 valence electrons. The molecule has 0 saturated heterocycles. The lowest BCUT2D eigenvalue weighted by molar-refractivity contribution is 0.0941. The first-order valence-electron chi connectivity index (χ1n) is 6.83. The van der Waals surface area contributed by atoms with Gasteiger partial charge in [0.2, 0.25) is 0 Å². The fourth-order valence-electron chi connectivity index (χ4n) is 2.07.